The Morgan fingerprint density at radius 2 is 2.09 bits per heavy atom. The molecule has 5 nitrogen and oxygen atoms in total. The van der Waals surface area contributed by atoms with Crippen molar-refractivity contribution in [3.05, 3.63) is 47.0 Å². The molecule has 7 heteroatoms. The Balaban J connectivity index is 1.76. The summed E-state index contributed by atoms with van der Waals surface area (Å²) in [6.45, 7) is 1.88. The quantitative estimate of drug-likeness (QED) is 0.707. The van der Waals surface area contributed by atoms with E-state index in [1.807, 2.05) is 37.3 Å². The van der Waals surface area contributed by atoms with Crippen molar-refractivity contribution in [3.63, 3.8) is 0 Å². The number of benzene rings is 2. The summed E-state index contributed by atoms with van der Waals surface area (Å²) in [7, 11) is 1.61. The molecule has 0 aliphatic carbocycles. The van der Waals surface area contributed by atoms with E-state index in [-0.39, 0.29) is 6.03 Å². The third-order valence-electron chi connectivity index (χ3n) is 3.26. The standard InChI is InChI=1S/C16H14ClN3O2S/c1-9-4-3-5-12(14(9)17)18-15(21)20-16-19-11-7-6-10(22-2)8-13(11)23-16/h3-8H,1-2H3,(H2,18,19,20,21). The van der Waals surface area contributed by atoms with Crippen molar-refractivity contribution in [2.75, 3.05) is 17.7 Å². The van der Waals surface area contributed by atoms with Crippen LogP contribution in [0.4, 0.5) is 15.6 Å². The van der Waals surface area contributed by atoms with Gasteiger partial charge in [-0.2, -0.15) is 0 Å². The van der Waals surface area contributed by atoms with E-state index in [2.05, 4.69) is 15.6 Å². The molecule has 0 fully saturated rings. The molecule has 0 saturated heterocycles. The Labute approximate surface area is 142 Å². The lowest BCUT2D eigenvalue weighted by molar-refractivity contribution is 0.262. The number of aryl methyl sites for hydroxylation is 1. The largest absolute Gasteiger partial charge is 0.497 e. The zero-order valence-corrected chi connectivity index (χ0v) is 14.1. The number of ether oxygens (including phenoxy) is 1. The number of anilines is 2. The van der Waals surface area contributed by atoms with Gasteiger partial charge in [0.2, 0.25) is 0 Å². The minimum absolute atomic E-state index is 0.386. The normalized spacial score (nSPS) is 10.6. The zero-order chi connectivity index (χ0) is 16.4. The molecule has 2 N–H and O–H groups in total. The van der Waals surface area contributed by atoms with Crippen LogP contribution in [-0.4, -0.2) is 18.1 Å². The summed E-state index contributed by atoms with van der Waals surface area (Å²) in [5.41, 5.74) is 2.27. The van der Waals surface area contributed by atoms with Crippen molar-refractivity contribution < 1.29 is 9.53 Å². The van der Waals surface area contributed by atoms with Gasteiger partial charge in [0.05, 0.1) is 28.0 Å². The highest BCUT2D eigenvalue weighted by Gasteiger charge is 2.10. The van der Waals surface area contributed by atoms with E-state index in [4.69, 9.17) is 16.3 Å². The molecule has 0 aliphatic rings. The molecule has 0 saturated carbocycles. The molecule has 0 radical (unpaired) electrons. The van der Waals surface area contributed by atoms with E-state index in [0.29, 0.717) is 15.8 Å². The molecule has 1 heterocycles. The average Bonchev–Trinajstić information content (AvgIpc) is 2.92. The lowest BCUT2D eigenvalue weighted by Crippen LogP contribution is -2.19. The van der Waals surface area contributed by atoms with Crippen LogP contribution in [0.25, 0.3) is 10.2 Å². The van der Waals surface area contributed by atoms with Crippen molar-refractivity contribution in [2.24, 2.45) is 0 Å². The van der Waals surface area contributed by atoms with E-state index in [1.165, 1.54) is 11.3 Å². The highest BCUT2D eigenvalue weighted by molar-refractivity contribution is 7.22. The predicted octanol–water partition coefficient (Wildman–Crippen LogP) is 4.91. The SMILES string of the molecule is COc1ccc2nc(NC(=O)Nc3cccc(C)c3Cl)sc2c1. The molecule has 0 aliphatic heterocycles. The monoisotopic (exact) mass is 347 g/mol. The maximum absolute atomic E-state index is 12.1. The fraction of sp³-hybridized carbons (Fsp3) is 0.125. The van der Waals surface area contributed by atoms with Gasteiger partial charge in [-0.3, -0.25) is 5.32 Å². The van der Waals surface area contributed by atoms with Crippen LogP contribution in [0.2, 0.25) is 5.02 Å². The molecule has 0 spiro atoms. The first-order chi connectivity index (χ1) is 11.1. The number of amides is 2. The van der Waals surface area contributed by atoms with E-state index in [1.54, 1.807) is 13.2 Å². The van der Waals surface area contributed by atoms with Gasteiger partial charge in [-0.05, 0) is 36.8 Å². The van der Waals surface area contributed by atoms with E-state index in [9.17, 15) is 4.79 Å². The predicted molar refractivity (Wildman–Crippen MR) is 95.0 cm³/mol. The smallest absolute Gasteiger partial charge is 0.325 e. The summed E-state index contributed by atoms with van der Waals surface area (Å²) in [5, 5.41) is 6.48. The highest BCUT2D eigenvalue weighted by atomic mass is 35.5. The van der Waals surface area contributed by atoms with Gasteiger partial charge in [-0.15, -0.1) is 0 Å². The highest BCUT2D eigenvalue weighted by Crippen LogP contribution is 2.30. The number of nitrogens with one attached hydrogen (secondary N) is 2. The van der Waals surface area contributed by atoms with E-state index < -0.39 is 0 Å². The minimum Gasteiger partial charge on any atom is -0.497 e. The van der Waals surface area contributed by atoms with Gasteiger partial charge in [0.15, 0.2) is 5.13 Å². The number of aromatic nitrogens is 1. The van der Waals surface area contributed by atoms with Crippen LogP contribution in [0.15, 0.2) is 36.4 Å². The molecule has 0 atom stereocenters. The van der Waals surface area contributed by atoms with Gasteiger partial charge in [-0.25, -0.2) is 9.78 Å². The molecule has 0 unspecified atom stereocenters. The second-order valence-electron chi connectivity index (χ2n) is 4.87. The Hall–Kier alpha value is -2.31. The van der Waals surface area contributed by atoms with Gasteiger partial charge < -0.3 is 10.1 Å². The maximum Gasteiger partial charge on any atom is 0.325 e. The number of urea groups is 1. The summed E-state index contributed by atoms with van der Waals surface area (Å²) in [5.74, 6) is 0.753. The first kappa shape index (κ1) is 15.6. The zero-order valence-electron chi connectivity index (χ0n) is 12.5. The van der Waals surface area contributed by atoms with Gasteiger partial charge in [0, 0.05) is 0 Å². The van der Waals surface area contributed by atoms with Crippen molar-refractivity contribution in [3.8, 4) is 5.75 Å². The Bertz CT molecular complexity index is 879. The molecule has 3 aromatic rings. The first-order valence-corrected chi connectivity index (χ1v) is 8.04. The number of carbonyl (C=O) groups excluding carboxylic acids is 1. The van der Waals surface area contributed by atoms with Crippen LogP contribution in [0, 0.1) is 6.92 Å². The summed E-state index contributed by atoms with van der Waals surface area (Å²) in [6, 6.07) is 10.6. The van der Waals surface area contributed by atoms with Gasteiger partial charge in [0.25, 0.3) is 0 Å². The second kappa shape index (κ2) is 6.44. The van der Waals surface area contributed by atoms with Crippen molar-refractivity contribution in [2.45, 2.75) is 6.92 Å². The number of nitrogens with zero attached hydrogens (tertiary/aromatic N) is 1. The van der Waals surface area contributed by atoms with Crippen LogP contribution in [0.3, 0.4) is 0 Å². The molecule has 2 aromatic carbocycles. The lowest BCUT2D eigenvalue weighted by Gasteiger charge is -2.08. The first-order valence-electron chi connectivity index (χ1n) is 6.84. The number of methoxy groups -OCH3 is 1. The molecule has 23 heavy (non-hydrogen) atoms. The molecule has 3 rings (SSSR count). The molecule has 118 valence electrons. The molecule has 1 aromatic heterocycles. The molecular weight excluding hydrogens is 334 g/mol. The number of thiazole rings is 1. The number of hydrogen-bond acceptors (Lipinski definition) is 4. The second-order valence-corrected chi connectivity index (χ2v) is 6.28. The van der Waals surface area contributed by atoms with Gasteiger partial charge in [-0.1, -0.05) is 35.1 Å². The number of halogens is 1. The summed E-state index contributed by atoms with van der Waals surface area (Å²) < 4.78 is 6.12. The fourth-order valence-electron chi connectivity index (χ4n) is 2.08. The van der Waals surface area contributed by atoms with Crippen molar-refractivity contribution in [1.29, 1.82) is 0 Å². The Morgan fingerprint density at radius 3 is 2.87 bits per heavy atom. The topological polar surface area (TPSA) is 63.2 Å². The third-order valence-corrected chi connectivity index (χ3v) is 4.69. The van der Waals surface area contributed by atoms with Crippen LogP contribution >= 0.6 is 22.9 Å². The van der Waals surface area contributed by atoms with Crippen molar-refractivity contribution in [1.82, 2.24) is 4.98 Å². The molecule has 0 bridgehead atoms. The van der Waals surface area contributed by atoms with Crippen LogP contribution in [0.5, 0.6) is 5.75 Å². The molecule has 2 amide bonds. The fourth-order valence-corrected chi connectivity index (χ4v) is 3.14. The van der Waals surface area contributed by atoms with Crippen LogP contribution < -0.4 is 15.4 Å². The van der Waals surface area contributed by atoms with E-state index >= 15 is 0 Å². The summed E-state index contributed by atoms with van der Waals surface area (Å²) >= 11 is 7.55. The number of fused-ring (bicyclic) bond motifs is 1. The summed E-state index contributed by atoms with van der Waals surface area (Å²) in [4.78, 5) is 16.5. The minimum atomic E-state index is -0.386. The summed E-state index contributed by atoms with van der Waals surface area (Å²) in [6.07, 6.45) is 0. The Morgan fingerprint density at radius 1 is 1.26 bits per heavy atom. The van der Waals surface area contributed by atoms with Gasteiger partial charge >= 0.3 is 6.03 Å². The number of hydrogen-bond donors (Lipinski definition) is 2. The van der Waals surface area contributed by atoms with Crippen molar-refractivity contribution >= 4 is 50.0 Å². The van der Waals surface area contributed by atoms with Gasteiger partial charge in [0.1, 0.15) is 5.75 Å². The van der Waals surface area contributed by atoms with Crippen LogP contribution in [-0.2, 0) is 0 Å². The number of carbonyl (C=O) groups is 1. The van der Waals surface area contributed by atoms with Crippen LogP contribution in [0.1, 0.15) is 5.56 Å². The third kappa shape index (κ3) is 3.38. The molecular formula is C16H14ClN3O2S. The Kier molecular flexibility index (Phi) is 4.36. The average molecular weight is 348 g/mol. The lowest BCUT2D eigenvalue weighted by atomic mass is 10.2. The van der Waals surface area contributed by atoms with E-state index in [0.717, 1.165) is 21.5 Å². The maximum atomic E-state index is 12.1. The number of rotatable bonds is 3.